The number of imide groups is 1. The number of amides is 4. The van der Waals surface area contributed by atoms with Crippen LogP contribution in [0.3, 0.4) is 0 Å². The molecule has 3 rings (SSSR count). The molecule has 13 heteroatoms. The first-order valence-corrected chi connectivity index (χ1v) is 12.9. The summed E-state index contributed by atoms with van der Waals surface area (Å²) in [6.45, 7) is 3.82. The van der Waals surface area contributed by atoms with Crippen molar-refractivity contribution in [2.45, 2.75) is 31.7 Å². The number of rotatable bonds is 6. The molecule has 11 nitrogen and oxygen atoms in total. The number of fused-ring (bicyclic) bond motifs is 1. The van der Waals surface area contributed by atoms with Crippen LogP contribution in [0, 0.1) is 0 Å². The maximum absolute atomic E-state index is 12.9. The topological polar surface area (TPSA) is 142 Å². The summed E-state index contributed by atoms with van der Waals surface area (Å²) in [7, 11) is -0.837. The molecule has 0 unspecified atom stereocenters. The van der Waals surface area contributed by atoms with Gasteiger partial charge in [-0.05, 0) is 43.2 Å². The average molecular weight is 523 g/mol. The third-order valence-corrected chi connectivity index (χ3v) is 8.30. The SMILES string of the molecule is CCOC(=O)NC(=O)c1c(NC(=O)c2ccc(S(=O)(=O)N(C)C)cc2)sc2c1CCN(C(C)=O)C2. The van der Waals surface area contributed by atoms with Gasteiger partial charge in [-0.15, -0.1) is 11.3 Å². The summed E-state index contributed by atoms with van der Waals surface area (Å²) in [5, 5.41) is 5.08. The molecule has 188 valence electrons. The molecule has 0 spiro atoms. The quantitative estimate of drug-likeness (QED) is 0.591. The normalized spacial score (nSPS) is 13.2. The Bertz CT molecular complexity index is 1270. The van der Waals surface area contributed by atoms with Gasteiger partial charge in [-0.1, -0.05) is 0 Å². The highest BCUT2D eigenvalue weighted by Gasteiger charge is 2.30. The van der Waals surface area contributed by atoms with Crippen LogP contribution in [0.2, 0.25) is 0 Å². The fourth-order valence-corrected chi connectivity index (χ4v) is 5.64. The van der Waals surface area contributed by atoms with Gasteiger partial charge >= 0.3 is 6.09 Å². The molecule has 1 aromatic heterocycles. The molecule has 1 aliphatic heterocycles. The van der Waals surface area contributed by atoms with E-state index in [4.69, 9.17) is 4.74 Å². The summed E-state index contributed by atoms with van der Waals surface area (Å²) in [6.07, 6.45) is -0.530. The van der Waals surface area contributed by atoms with Gasteiger partial charge in [0.05, 0.1) is 23.6 Å². The van der Waals surface area contributed by atoms with E-state index in [0.717, 1.165) is 20.5 Å². The van der Waals surface area contributed by atoms with Crippen LogP contribution in [0.15, 0.2) is 29.2 Å². The molecule has 0 bridgehead atoms. The van der Waals surface area contributed by atoms with Gasteiger partial charge in [0.2, 0.25) is 15.9 Å². The summed E-state index contributed by atoms with van der Waals surface area (Å²) >= 11 is 1.14. The first-order chi connectivity index (χ1) is 16.4. The van der Waals surface area contributed by atoms with Gasteiger partial charge in [0.1, 0.15) is 5.00 Å². The van der Waals surface area contributed by atoms with Gasteiger partial charge in [0.15, 0.2) is 0 Å². The van der Waals surface area contributed by atoms with Crippen LogP contribution in [0.1, 0.15) is 45.0 Å². The molecule has 2 aromatic rings. The number of anilines is 1. The third-order valence-electron chi connectivity index (χ3n) is 5.34. The van der Waals surface area contributed by atoms with Gasteiger partial charge < -0.3 is 15.0 Å². The third kappa shape index (κ3) is 5.69. The number of alkyl carbamates (subject to hydrolysis) is 1. The van der Waals surface area contributed by atoms with Crippen molar-refractivity contribution in [2.24, 2.45) is 0 Å². The molecular weight excluding hydrogens is 496 g/mol. The van der Waals surface area contributed by atoms with Crippen LogP contribution in [0.25, 0.3) is 0 Å². The summed E-state index contributed by atoms with van der Waals surface area (Å²) in [6, 6.07) is 5.38. The van der Waals surface area contributed by atoms with E-state index in [9.17, 15) is 27.6 Å². The van der Waals surface area contributed by atoms with Crippen LogP contribution < -0.4 is 10.6 Å². The zero-order chi connectivity index (χ0) is 25.9. The molecule has 0 saturated carbocycles. The lowest BCUT2D eigenvalue weighted by molar-refractivity contribution is -0.129. The maximum atomic E-state index is 12.9. The molecule has 2 heterocycles. The fourth-order valence-electron chi connectivity index (χ4n) is 3.49. The zero-order valence-corrected chi connectivity index (χ0v) is 21.3. The lowest BCUT2D eigenvalue weighted by Crippen LogP contribution is -2.35. The van der Waals surface area contributed by atoms with Crippen molar-refractivity contribution in [1.29, 1.82) is 0 Å². The number of carbonyl (C=O) groups excluding carboxylic acids is 4. The van der Waals surface area contributed by atoms with Crippen LogP contribution in [0.5, 0.6) is 0 Å². The van der Waals surface area contributed by atoms with E-state index in [0.29, 0.717) is 18.5 Å². The lowest BCUT2D eigenvalue weighted by Gasteiger charge is -2.26. The Morgan fingerprint density at radius 1 is 1.11 bits per heavy atom. The van der Waals surface area contributed by atoms with Crippen molar-refractivity contribution >= 4 is 50.2 Å². The Kier molecular flexibility index (Phi) is 7.93. The summed E-state index contributed by atoms with van der Waals surface area (Å²) in [5.74, 6) is -1.40. The number of hydrogen-bond donors (Lipinski definition) is 2. The molecule has 0 fully saturated rings. The smallest absolute Gasteiger partial charge is 0.414 e. The number of thiophene rings is 1. The molecular formula is C22H26N4O7S2. The van der Waals surface area contributed by atoms with Crippen LogP contribution in [-0.2, 0) is 32.5 Å². The van der Waals surface area contributed by atoms with Crippen molar-refractivity contribution < 1.29 is 32.3 Å². The Labute approximate surface area is 207 Å². The first kappa shape index (κ1) is 26.3. The predicted molar refractivity (Wildman–Crippen MR) is 129 cm³/mol. The largest absolute Gasteiger partial charge is 0.450 e. The zero-order valence-electron chi connectivity index (χ0n) is 19.7. The Morgan fingerprint density at radius 2 is 1.77 bits per heavy atom. The second-order valence-corrected chi connectivity index (χ2v) is 11.1. The van der Waals surface area contributed by atoms with E-state index in [1.54, 1.807) is 11.8 Å². The van der Waals surface area contributed by atoms with E-state index in [-0.39, 0.29) is 40.1 Å². The highest BCUT2D eigenvalue weighted by Crippen LogP contribution is 2.37. The molecule has 35 heavy (non-hydrogen) atoms. The summed E-state index contributed by atoms with van der Waals surface area (Å²) in [5.41, 5.74) is 0.967. The molecule has 2 N–H and O–H groups in total. The molecule has 0 radical (unpaired) electrons. The van der Waals surface area contributed by atoms with Crippen molar-refractivity contribution in [3.63, 3.8) is 0 Å². The molecule has 0 aliphatic carbocycles. The van der Waals surface area contributed by atoms with Gasteiger partial charge in [-0.2, -0.15) is 0 Å². The van der Waals surface area contributed by atoms with Gasteiger partial charge in [-0.3, -0.25) is 19.7 Å². The summed E-state index contributed by atoms with van der Waals surface area (Å²) in [4.78, 5) is 51.9. The summed E-state index contributed by atoms with van der Waals surface area (Å²) < 4.78 is 30.4. The Hall–Kier alpha value is -3.29. The number of nitrogens with one attached hydrogen (secondary N) is 2. The van der Waals surface area contributed by atoms with Crippen molar-refractivity contribution in [3.8, 4) is 0 Å². The Balaban J connectivity index is 1.92. The minimum absolute atomic E-state index is 0.0319. The molecule has 1 aromatic carbocycles. The monoisotopic (exact) mass is 522 g/mol. The minimum atomic E-state index is -3.65. The highest BCUT2D eigenvalue weighted by atomic mass is 32.2. The molecule has 0 saturated heterocycles. The Morgan fingerprint density at radius 3 is 2.34 bits per heavy atom. The van der Waals surface area contributed by atoms with Crippen molar-refractivity contribution in [1.82, 2.24) is 14.5 Å². The van der Waals surface area contributed by atoms with Crippen molar-refractivity contribution in [3.05, 3.63) is 45.8 Å². The van der Waals surface area contributed by atoms with E-state index >= 15 is 0 Å². The second kappa shape index (κ2) is 10.5. The van der Waals surface area contributed by atoms with E-state index in [2.05, 4.69) is 10.6 Å². The number of ether oxygens (including phenoxy) is 1. The van der Waals surface area contributed by atoms with Crippen LogP contribution in [0.4, 0.5) is 9.80 Å². The minimum Gasteiger partial charge on any atom is -0.450 e. The maximum Gasteiger partial charge on any atom is 0.414 e. The number of benzene rings is 1. The van der Waals surface area contributed by atoms with E-state index in [1.165, 1.54) is 45.3 Å². The number of sulfonamides is 1. The number of carbonyl (C=O) groups is 4. The molecule has 4 amide bonds. The van der Waals surface area contributed by atoms with Crippen molar-refractivity contribution in [2.75, 3.05) is 32.6 Å². The number of nitrogens with zero attached hydrogens (tertiary/aromatic N) is 2. The standard InChI is InChI=1S/C22H26N4O7S2/c1-5-33-22(30)24-20(29)18-16-10-11-26(13(2)27)12-17(16)34-21(18)23-19(28)14-6-8-15(9-7-14)35(31,32)25(3)4/h6-9H,5,10-12H2,1-4H3,(H,23,28)(H,24,29,30). The molecule has 1 aliphatic rings. The van der Waals surface area contributed by atoms with Gasteiger partial charge in [0.25, 0.3) is 11.8 Å². The predicted octanol–water partition coefficient (Wildman–Crippen LogP) is 2.04. The highest BCUT2D eigenvalue weighted by molar-refractivity contribution is 7.89. The lowest BCUT2D eigenvalue weighted by atomic mass is 10.0. The average Bonchev–Trinajstić information content (AvgIpc) is 3.16. The van der Waals surface area contributed by atoms with E-state index < -0.39 is 27.9 Å². The van der Waals surface area contributed by atoms with E-state index in [1.807, 2.05) is 0 Å². The second-order valence-electron chi connectivity index (χ2n) is 7.84. The fraction of sp³-hybridized carbons (Fsp3) is 0.364. The van der Waals surface area contributed by atoms with Crippen LogP contribution in [-0.4, -0.2) is 68.7 Å². The van der Waals surface area contributed by atoms with Gasteiger partial charge in [0, 0.05) is 38.0 Å². The number of hydrogen-bond acceptors (Lipinski definition) is 8. The van der Waals surface area contributed by atoms with Crippen LogP contribution >= 0.6 is 11.3 Å². The van der Waals surface area contributed by atoms with Gasteiger partial charge in [-0.25, -0.2) is 17.5 Å². The first-order valence-electron chi connectivity index (χ1n) is 10.7. The molecule has 0 atom stereocenters.